The number of guanidine groups is 1. The Morgan fingerprint density at radius 3 is 2.80 bits per heavy atom. The van der Waals surface area contributed by atoms with Gasteiger partial charge in [-0.15, -0.1) is 24.0 Å². The van der Waals surface area contributed by atoms with Gasteiger partial charge in [-0.25, -0.2) is 4.39 Å². The van der Waals surface area contributed by atoms with Crippen molar-refractivity contribution < 1.29 is 13.9 Å². The maximum absolute atomic E-state index is 13.6. The number of aliphatic imine (C=N–C) groups is 1. The van der Waals surface area contributed by atoms with Gasteiger partial charge in [0.2, 0.25) is 0 Å². The lowest BCUT2D eigenvalue weighted by Gasteiger charge is -2.34. The summed E-state index contributed by atoms with van der Waals surface area (Å²) >= 11 is 0. The van der Waals surface area contributed by atoms with Crippen LogP contribution in [0.25, 0.3) is 0 Å². The Balaban J connectivity index is 0.00000312. The lowest BCUT2D eigenvalue weighted by atomic mass is 10.1. The van der Waals surface area contributed by atoms with Gasteiger partial charge in [-0.2, -0.15) is 0 Å². The van der Waals surface area contributed by atoms with Crippen LogP contribution in [-0.4, -0.2) is 62.4 Å². The molecule has 1 aromatic heterocycles. The quantitative estimate of drug-likeness (QED) is 0.290. The first-order valence-corrected chi connectivity index (χ1v) is 8.40. The molecule has 0 radical (unpaired) electrons. The summed E-state index contributed by atoms with van der Waals surface area (Å²) in [7, 11) is 3.44. The first-order valence-electron chi connectivity index (χ1n) is 8.40. The fourth-order valence-electron chi connectivity index (χ4n) is 2.73. The lowest BCUT2D eigenvalue weighted by molar-refractivity contribution is 0.00989. The molecule has 1 fully saturated rings. The number of hydrogen-bond acceptors (Lipinski definition) is 4. The molecule has 8 heteroatoms. The monoisotopic (exact) mass is 466 g/mol. The number of ether oxygens (including phenoxy) is 2. The van der Waals surface area contributed by atoms with Gasteiger partial charge in [0, 0.05) is 46.7 Å². The first kappa shape index (κ1) is 22.0. The highest BCUT2D eigenvalue weighted by molar-refractivity contribution is 14.0. The lowest BCUT2D eigenvalue weighted by Crippen LogP contribution is -2.46. The molecule has 0 spiro atoms. The number of methoxy groups -OCH3 is 1. The number of aromatic nitrogens is 1. The molecule has 0 aromatic carbocycles. The second-order valence-corrected chi connectivity index (χ2v) is 5.74. The van der Waals surface area contributed by atoms with Gasteiger partial charge in [0.15, 0.2) is 5.96 Å². The Hall–Kier alpha value is -1.00. The third kappa shape index (κ3) is 7.41. The van der Waals surface area contributed by atoms with Crippen LogP contribution in [0.4, 0.5) is 4.39 Å². The molecular weight excluding hydrogens is 438 g/mol. The maximum atomic E-state index is 13.6. The molecule has 1 saturated heterocycles. The average molecular weight is 466 g/mol. The maximum Gasteiger partial charge on any atom is 0.193 e. The third-order valence-electron chi connectivity index (χ3n) is 4.05. The Labute approximate surface area is 166 Å². The van der Waals surface area contributed by atoms with Gasteiger partial charge in [0.1, 0.15) is 5.82 Å². The Morgan fingerprint density at radius 1 is 1.40 bits per heavy atom. The van der Waals surface area contributed by atoms with Crippen molar-refractivity contribution >= 4 is 29.9 Å². The van der Waals surface area contributed by atoms with E-state index in [-0.39, 0.29) is 29.8 Å². The van der Waals surface area contributed by atoms with E-state index < -0.39 is 0 Å². The molecule has 1 aliphatic rings. The molecular formula is C17H28FIN4O2. The summed E-state index contributed by atoms with van der Waals surface area (Å²) in [6.45, 7) is 3.55. The van der Waals surface area contributed by atoms with E-state index in [1.165, 1.54) is 6.07 Å². The van der Waals surface area contributed by atoms with E-state index in [0.29, 0.717) is 18.3 Å². The smallest absolute Gasteiger partial charge is 0.193 e. The van der Waals surface area contributed by atoms with Gasteiger partial charge in [0.25, 0.3) is 0 Å². The molecule has 0 unspecified atom stereocenters. The van der Waals surface area contributed by atoms with Crippen LogP contribution >= 0.6 is 24.0 Å². The number of rotatable bonds is 7. The number of likely N-dealkylation sites (tertiary alicyclic amines) is 1. The van der Waals surface area contributed by atoms with Crippen LogP contribution in [0, 0.1) is 5.82 Å². The number of halogens is 2. The van der Waals surface area contributed by atoms with Gasteiger partial charge in [0.05, 0.1) is 18.3 Å². The standard InChI is InChI=1S/C17H27FN4O2.HI/c1-19-17(21-13-16-15(18)5-3-8-20-16)22-9-6-14(7-10-22)24-12-4-11-23-2;/h3,5,8,14H,4,6-7,9-13H2,1-2H3,(H,19,21);1H. The van der Waals surface area contributed by atoms with Crippen LogP contribution in [0.3, 0.4) is 0 Å². The van der Waals surface area contributed by atoms with E-state index in [4.69, 9.17) is 9.47 Å². The minimum atomic E-state index is -0.302. The van der Waals surface area contributed by atoms with E-state index in [2.05, 4.69) is 20.2 Å². The largest absolute Gasteiger partial charge is 0.385 e. The second kappa shape index (κ2) is 12.4. The zero-order valence-corrected chi connectivity index (χ0v) is 17.2. The van der Waals surface area contributed by atoms with Gasteiger partial charge < -0.3 is 19.7 Å². The number of hydrogen-bond donors (Lipinski definition) is 1. The summed E-state index contributed by atoms with van der Waals surface area (Å²) in [5, 5.41) is 3.19. The molecule has 1 aromatic rings. The molecule has 6 nitrogen and oxygen atoms in total. The molecule has 25 heavy (non-hydrogen) atoms. The molecule has 1 N–H and O–H groups in total. The predicted molar refractivity (Wildman–Crippen MR) is 107 cm³/mol. The molecule has 1 aliphatic heterocycles. The van der Waals surface area contributed by atoms with Gasteiger partial charge >= 0.3 is 0 Å². The zero-order valence-electron chi connectivity index (χ0n) is 14.9. The van der Waals surface area contributed by atoms with Crippen LogP contribution in [0.5, 0.6) is 0 Å². The molecule has 0 amide bonds. The van der Waals surface area contributed by atoms with E-state index in [1.807, 2.05) is 0 Å². The van der Waals surface area contributed by atoms with Crippen LogP contribution in [-0.2, 0) is 16.0 Å². The zero-order chi connectivity index (χ0) is 17.2. The van der Waals surface area contributed by atoms with E-state index in [0.717, 1.165) is 51.5 Å². The summed E-state index contributed by atoms with van der Waals surface area (Å²) < 4.78 is 24.5. The Bertz CT molecular complexity index is 525. The summed E-state index contributed by atoms with van der Waals surface area (Å²) in [5.74, 6) is 0.474. The van der Waals surface area contributed by atoms with Crippen LogP contribution in [0.2, 0.25) is 0 Å². The van der Waals surface area contributed by atoms with Crippen molar-refractivity contribution in [3.63, 3.8) is 0 Å². The van der Waals surface area contributed by atoms with Crippen LogP contribution in [0.1, 0.15) is 25.0 Å². The van der Waals surface area contributed by atoms with Crippen LogP contribution in [0.15, 0.2) is 23.3 Å². The molecule has 2 heterocycles. The van der Waals surface area contributed by atoms with Crippen molar-refractivity contribution in [3.05, 3.63) is 29.8 Å². The summed E-state index contributed by atoms with van der Waals surface area (Å²) in [6.07, 6.45) is 4.74. The van der Waals surface area contributed by atoms with Crippen molar-refractivity contribution in [3.8, 4) is 0 Å². The molecule has 0 atom stereocenters. The SMILES string of the molecule is CN=C(NCc1ncccc1F)N1CCC(OCCCOC)CC1.I. The van der Waals surface area contributed by atoms with Crippen molar-refractivity contribution in [2.24, 2.45) is 4.99 Å². The van der Waals surface area contributed by atoms with Crippen LogP contribution < -0.4 is 5.32 Å². The van der Waals surface area contributed by atoms with Crippen molar-refractivity contribution in [1.82, 2.24) is 15.2 Å². The van der Waals surface area contributed by atoms with Crippen molar-refractivity contribution in [2.45, 2.75) is 31.9 Å². The van der Waals surface area contributed by atoms with E-state index >= 15 is 0 Å². The predicted octanol–water partition coefficient (Wildman–Crippen LogP) is 2.43. The van der Waals surface area contributed by atoms with Gasteiger partial charge in [-0.05, 0) is 31.4 Å². The Kier molecular flexibility index (Phi) is 10.9. The van der Waals surface area contributed by atoms with Crippen molar-refractivity contribution in [1.29, 1.82) is 0 Å². The summed E-state index contributed by atoms with van der Waals surface area (Å²) in [6, 6.07) is 3.00. The number of nitrogens with zero attached hydrogens (tertiary/aromatic N) is 3. The van der Waals surface area contributed by atoms with E-state index in [9.17, 15) is 4.39 Å². The topological polar surface area (TPSA) is 59.0 Å². The highest BCUT2D eigenvalue weighted by atomic mass is 127. The number of nitrogens with one attached hydrogen (secondary N) is 1. The molecule has 142 valence electrons. The first-order chi connectivity index (χ1) is 11.7. The highest BCUT2D eigenvalue weighted by Gasteiger charge is 2.22. The minimum Gasteiger partial charge on any atom is -0.385 e. The third-order valence-corrected chi connectivity index (χ3v) is 4.05. The molecule has 0 saturated carbocycles. The van der Waals surface area contributed by atoms with Gasteiger partial charge in [-0.1, -0.05) is 0 Å². The van der Waals surface area contributed by atoms with E-state index in [1.54, 1.807) is 26.4 Å². The number of piperidine rings is 1. The molecule has 0 bridgehead atoms. The normalized spacial score (nSPS) is 15.8. The average Bonchev–Trinajstić information content (AvgIpc) is 2.62. The van der Waals surface area contributed by atoms with Gasteiger partial charge in [-0.3, -0.25) is 9.98 Å². The fourth-order valence-corrected chi connectivity index (χ4v) is 2.73. The summed E-state index contributed by atoms with van der Waals surface area (Å²) in [4.78, 5) is 10.5. The summed E-state index contributed by atoms with van der Waals surface area (Å²) in [5.41, 5.74) is 0.398. The fraction of sp³-hybridized carbons (Fsp3) is 0.647. The van der Waals surface area contributed by atoms with Crippen molar-refractivity contribution in [2.75, 3.05) is 40.5 Å². The molecule has 2 rings (SSSR count). The minimum absolute atomic E-state index is 0. The highest BCUT2D eigenvalue weighted by Crippen LogP contribution is 2.14. The second-order valence-electron chi connectivity index (χ2n) is 5.74. The number of pyridine rings is 1. The Morgan fingerprint density at radius 2 is 2.16 bits per heavy atom. The molecule has 0 aliphatic carbocycles.